The molecule has 2 rings (SSSR count). The van der Waals surface area contributed by atoms with Gasteiger partial charge in [0.25, 0.3) is 0 Å². The van der Waals surface area contributed by atoms with Crippen molar-refractivity contribution < 1.29 is 4.39 Å². The van der Waals surface area contributed by atoms with Crippen molar-refractivity contribution in [2.75, 3.05) is 5.32 Å². The molecule has 0 aliphatic rings. The van der Waals surface area contributed by atoms with Gasteiger partial charge in [-0.1, -0.05) is 0 Å². The zero-order valence-electron chi connectivity index (χ0n) is 10.6. The summed E-state index contributed by atoms with van der Waals surface area (Å²) in [5, 5.41) is 10.8. The summed E-state index contributed by atoms with van der Waals surface area (Å²) >= 11 is 5.18. The first kappa shape index (κ1) is 13.5. The van der Waals surface area contributed by atoms with Crippen molar-refractivity contribution >= 4 is 23.0 Å². The molecule has 0 radical (unpaired) electrons. The lowest BCUT2D eigenvalue weighted by Gasteiger charge is -2.11. The van der Waals surface area contributed by atoms with E-state index in [1.165, 1.54) is 12.1 Å². The van der Waals surface area contributed by atoms with Gasteiger partial charge >= 0.3 is 0 Å². The molecule has 19 heavy (non-hydrogen) atoms. The third kappa shape index (κ3) is 3.75. The minimum Gasteiger partial charge on any atom is -0.357 e. The Morgan fingerprint density at radius 3 is 2.74 bits per heavy atom. The van der Waals surface area contributed by atoms with Gasteiger partial charge in [0.05, 0.1) is 12.2 Å². The number of aryl methyl sites for hydroxylation is 1. The smallest absolute Gasteiger partial charge is 0.171 e. The average Bonchev–Trinajstić information content (AvgIpc) is 2.86. The number of aromatic nitrogens is 2. The van der Waals surface area contributed by atoms with Gasteiger partial charge in [-0.3, -0.25) is 4.68 Å². The summed E-state index contributed by atoms with van der Waals surface area (Å²) in [6, 6.07) is 7.99. The summed E-state index contributed by atoms with van der Waals surface area (Å²) in [6.07, 6.45) is 1.76. The lowest BCUT2D eigenvalue weighted by Crippen LogP contribution is -2.28. The van der Waals surface area contributed by atoms with Crippen LogP contribution in [0.1, 0.15) is 12.6 Å². The van der Waals surface area contributed by atoms with Gasteiger partial charge in [0, 0.05) is 18.4 Å². The van der Waals surface area contributed by atoms with Crippen LogP contribution in [0.4, 0.5) is 10.1 Å². The molecule has 100 valence electrons. The molecule has 0 saturated carbocycles. The second kappa shape index (κ2) is 6.29. The van der Waals surface area contributed by atoms with Crippen molar-refractivity contribution in [3.05, 3.63) is 48.0 Å². The molecule has 1 aromatic heterocycles. The van der Waals surface area contributed by atoms with E-state index in [-0.39, 0.29) is 5.82 Å². The lowest BCUT2D eigenvalue weighted by molar-refractivity contribution is 0.614. The number of rotatable bonds is 4. The molecule has 0 amide bonds. The van der Waals surface area contributed by atoms with Gasteiger partial charge in [-0.15, -0.1) is 0 Å². The number of nitrogens with zero attached hydrogens (tertiary/aromatic N) is 2. The maximum Gasteiger partial charge on any atom is 0.171 e. The molecule has 1 aromatic carbocycles. The normalized spacial score (nSPS) is 10.2. The van der Waals surface area contributed by atoms with E-state index in [9.17, 15) is 4.39 Å². The van der Waals surface area contributed by atoms with Crippen LogP contribution in [0.2, 0.25) is 0 Å². The van der Waals surface area contributed by atoms with E-state index in [1.54, 1.807) is 18.3 Å². The maximum atomic E-state index is 12.8. The molecule has 0 saturated heterocycles. The highest BCUT2D eigenvalue weighted by atomic mass is 32.1. The molecular weight excluding hydrogens is 263 g/mol. The van der Waals surface area contributed by atoms with E-state index >= 15 is 0 Å². The molecule has 0 aliphatic heterocycles. The standard InChI is InChI=1S/C13H15FN4S/c1-2-18-12(7-8-16-18)9-15-13(19)17-11-5-3-10(14)4-6-11/h3-8H,2,9H2,1H3,(H2,15,17,19). The Kier molecular flexibility index (Phi) is 4.46. The number of halogens is 1. The van der Waals surface area contributed by atoms with Gasteiger partial charge in [-0.2, -0.15) is 5.10 Å². The molecular formula is C13H15FN4S. The fourth-order valence-electron chi connectivity index (χ4n) is 1.67. The molecule has 0 bridgehead atoms. The second-order valence-corrected chi connectivity index (χ2v) is 4.36. The van der Waals surface area contributed by atoms with Crippen LogP contribution in [-0.2, 0) is 13.1 Å². The van der Waals surface area contributed by atoms with Gasteiger partial charge in [-0.05, 0) is 49.5 Å². The van der Waals surface area contributed by atoms with Crippen molar-refractivity contribution in [3.63, 3.8) is 0 Å². The third-order valence-electron chi connectivity index (χ3n) is 2.64. The highest BCUT2D eigenvalue weighted by molar-refractivity contribution is 7.80. The quantitative estimate of drug-likeness (QED) is 0.843. The van der Waals surface area contributed by atoms with Crippen molar-refractivity contribution in [2.24, 2.45) is 0 Å². The summed E-state index contributed by atoms with van der Waals surface area (Å²) in [4.78, 5) is 0. The first-order chi connectivity index (χ1) is 9.19. The fraction of sp³-hybridized carbons (Fsp3) is 0.231. The van der Waals surface area contributed by atoms with Crippen LogP contribution in [0.25, 0.3) is 0 Å². The number of thiocarbonyl (C=S) groups is 1. The Morgan fingerprint density at radius 1 is 1.32 bits per heavy atom. The van der Waals surface area contributed by atoms with Crippen LogP contribution >= 0.6 is 12.2 Å². The van der Waals surface area contributed by atoms with E-state index < -0.39 is 0 Å². The van der Waals surface area contributed by atoms with E-state index in [0.717, 1.165) is 17.9 Å². The van der Waals surface area contributed by atoms with Crippen LogP contribution in [0, 0.1) is 5.82 Å². The predicted molar refractivity (Wildman–Crippen MR) is 77.4 cm³/mol. The number of nitrogens with one attached hydrogen (secondary N) is 2. The van der Waals surface area contributed by atoms with E-state index in [2.05, 4.69) is 15.7 Å². The minimum atomic E-state index is -0.267. The first-order valence-electron chi connectivity index (χ1n) is 6.00. The molecule has 1 heterocycles. The van der Waals surface area contributed by atoms with Gasteiger partial charge in [-0.25, -0.2) is 4.39 Å². The minimum absolute atomic E-state index is 0.267. The SMILES string of the molecule is CCn1nccc1CNC(=S)Nc1ccc(F)cc1. The molecule has 2 aromatic rings. The third-order valence-corrected chi connectivity index (χ3v) is 2.88. The summed E-state index contributed by atoms with van der Waals surface area (Å²) in [5.41, 5.74) is 1.81. The maximum absolute atomic E-state index is 12.8. The highest BCUT2D eigenvalue weighted by Crippen LogP contribution is 2.08. The zero-order chi connectivity index (χ0) is 13.7. The van der Waals surface area contributed by atoms with Crippen molar-refractivity contribution in [1.29, 1.82) is 0 Å². The Morgan fingerprint density at radius 2 is 2.05 bits per heavy atom. The van der Waals surface area contributed by atoms with Gasteiger partial charge < -0.3 is 10.6 Å². The summed E-state index contributed by atoms with van der Waals surface area (Å²) in [6.45, 7) is 3.45. The topological polar surface area (TPSA) is 41.9 Å². The predicted octanol–water partition coefficient (Wildman–Crippen LogP) is 2.53. The zero-order valence-corrected chi connectivity index (χ0v) is 11.4. The van der Waals surface area contributed by atoms with Crippen LogP contribution in [0.5, 0.6) is 0 Å². The van der Waals surface area contributed by atoms with E-state index in [1.807, 2.05) is 17.7 Å². The average molecular weight is 278 g/mol. The molecule has 2 N–H and O–H groups in total. The van der Waals surface area contributed by atoms with Gasteiger partial charge in [0.15, 0.2) is 5.11 Å². The summed E-state index contributed by atoms with van der Waals surface area (Å²) in [7, 11) is 0. The van der Waals surface area contributed by atoms with Gasteiger partial charge in [0.2, 0.25) is 0 Å². The molecule has 0 unspecified atom stereocenters. The van der Waals surface area contributed by atoms with Crippen LogP contribution in [0.3, 0.4) is 0 Å². The lowest BCUT2D eigenvalue weighted by atomic mass is 10.3. The summed E-state index contributed by atoms with van der Waals surface area (Å²) in [5.74, 6) is -0.267. The van der Waals surface area contributed by atoms with Crippen LogP contribution in [0.15, 0.2) is 36.5 Å². The Bertz CT molecular complexity index is 550. The largest absolute Gasteiger partial charge is 0.357 e. The van der Waals surface area contributed by atoms with Crippen LogP contribution in [-0.4, -0.2) is 14.9 Å². The Hall–Kier alpha value is -1.95. The van der Waals surface area contributed by atoms with E-state index in [0.29, 0.717) is 11.7 Å². The van der Waals surface area contributed by atoms with E-state index in [4.69, 9.17) is 12.2 Å². The monoisotopic (exact) mass is 278 g/mol. The molecule has 0 atom stereocenters. The number of anilines is 1. The van der Waals surface area contributed by atoms with Crippen molar-refractivity contribution in [2.45, 2.75) is 20.0 Å². The molecule has 4 nitrogen and oxygen atoms in total. The van der Waals surface area contributed by atoms with Crippen molar-refractivity contribution in [1.82, 2.24) is 15.1 Å². The van der Waals surface area contributed by atoms with Crippen LogP contribution < -0.4 is 10.6 Å². The molecule has 6 heteroatoms. The number of benzene rings is 1. The molecule has 0 aliphatic carbocycles. The number of hydrogen-bond acceptors (Lipinski definition) is 2. The molecule has 0 fully saturated rings. The number of hydrogen-bond donors (Lipinski definition) is 2. The molecule has 0 spiro atoms. The van der Waals surface area contributed by atoms with Gasteiger partial charge in [0.1, 0.15) is 5.82 Å². The fourth-order valence-corrected chi connectivity index (χ4v) is 1.86. The Labute approximate surface area is 116 Å². The second-order valence-electron chi connectivity index (χ2n) is 3.95. The van der Waals surface area contributed by atoms with Crippen molar-refractivity contribution in [3.8, 4) is 0 Å². The first-order valence-corrected chi connectivity index (χ1v) is 6.41. The Balaban J connectivity index is 1.86. The summed E-state index contributed by atoms with van der Waals surface area (Å²) < 4.78 is 14.7. The highest BCUT2D eigenvalue weighted by Gasteiger charge is 2.02.